The Morgan fingerprint density at radius 1 is 1.29 bits per heavy atom. The van der Waals surface area contributed by atoms with Crippen molar-refractivity contribution in [2.45, 2.75) is 25.0 Å². The summed E-state index contributed by atoms with van der Waals surface area (Å²) in [5.41, 5.74) is 11.9. The quantitative estimate of drug-likeness (QED) is 0.267. The molecule has 2 atom stereocenters. The Morgan fingerprint density at radius 3 is 2.43 bits per heavy atom. The van der Waals surface area contributed by atoms with Crippen LogP contribution in [0.4, 0.5) is 0 Å². The highest BCUT2D eigenvalue weighted by Crippen LogP contribution is 2.35. The van der Waals surface area contributed by atoms with Crippen molar-refractivity contribution < 1.29 is 24.3 Å². The van der Waals surface area contributed by atoms with Gasteiger partial charge in [-0.25, -0.2) is 0 Å². The van der Waals surface area contributed by atoms with Crippen LogP contribution in [-0.2, 0) is 15.9 Å². The van der Waals surface area contributed by atoms with Crippen molar-refractivity contribution >= 4 is 13.6 Å². The second kappa shape index (κ2) is 8.23. The lowest BCUT2D eigenvalue weighted by Gasteiger charge is -2.21. The molecular formula is C12H20N3O5P. The molecule has 21 heavy (non-hydrogen) atoms. The fourth-order valence-electron chi connectivity index (χ4n) is 1.77. The van der Waals surface area contributed by atoms with Crippen molar-refractivity contribution in [2.24, 2.45) is 5.73 Å². The molecule has 8 nitrogen and oxygen atoms in total. The number of carbonyl (C=O) groups is 1. The predicted molar refractivity (Wildman–Crippen MR) is 77.3 cm³/mol. The first kappa shape index (κ1) is 17.8. The minimum atomic E-state index is -4.27. The molecule has 1 rings (SSSR count). The van der Waals surface area contributed by atoms with Crippen LogP contribution in [0.3, 0.4) is 0 Å². The van der Waals surface area contributed by atoms with E-state index in [0.29, 0.717) is 6.54 Å². The maximum absolute atomic E-state index is 11.1. The molecule has 0 fully saturated rings. The van der Waals surface area contributed by atoms with E-state index in [4.69, 9.17) is 20.6 Å². The molecule has 0 amide bonds. The lowest BCUT2D eigenvalue weighted by molar-refractivity contribution is -0.138. The van der Waals surface area contributed by atoms with Gasteiger partial charge in [-0.1, -0.05) is 30.3 Å². The molecule has 0 aliphatic heterocycles. The third-order valence-corrected chi connectivity index (χ3v) is 3.67. The van der Waals surface area contributed by atoms with E-state index in [1.54, 1.807) is 0 Å². The second-order valence-corrected chi connectivity index (χ2v) is 6.40. The summed E-state index contributed by atoms with van der Waals surface area (Å²) in [4.78, 5) is 28.8. The van der Waals surface area contributed by atoms with E-state index in [1.807, 2.05) is 30.3 Å². The van der Waals surface area contributed by atoms with Crippen molar-refractivity contribution in [3.05, 3.63) is 35.9 Å². The summed E-state index contributed by atoms with van der Waals surface area (Å²) in [6.07, 6.45) is -0.585. The topological polar surface area (TPSA) is 145 Å². The van der Waals surface area contributed by atoms with Gasteiger partial charge in [0.2, 0.25) is 0 Å². The SMILES string of the molecule is N[C@@H](CC(CP(=O)(O)O)NNCc1ccccc1)C(=O)O. The Bertz CT molecular complexity index is 493. The number of nitrogens with two attached hydrogens (primary N) is 1. The summed E-state index contributed by atoms with van der Waals surface area (Å²) < 4.78 is 11.1. The summed E-state index contributed by atoms with van der Waals surface area (Å²) in [6.45, 7) is 0.431. The van der Waals surface area contributed by atoms with Gasteiger partial charge in [-0.2, -0.15) is 0 Å². The lowest BCUT2D eigenvalue weighted by Crippen LogP contribution is -2.47. The summed E-state index contributed by atoms with van der Waals surface area (Å²) in [5.74, 6) is -1.21. The monoisotopic (exact) mass is 317 g/mol. The van der Waals surface area contributed by atoms with E-state index in [2.05, 4.69) is 10.9 Å². The molecule has 1 aromatic rings. The van der Waals surface area contributed by atoms with E-state index in [9.17, 15) is 9.36 Å². The Balaban J connectivity index is 2.52. The fourth-order valence-corrected chi connectivity index (χ4v) is 2.58. The third-order valence-electron chi connectivity index (χ3n) is 2.76. The molecule has 9 heteroatoms. The van der Waals surface area contributed by atoms with Gasteiger partial charge < -0.3 is 20.6 Å². The molecule has 0 saturated heterocycles. The van der Waals surface area contributed by atoms with E-state index >= 15 is 0 Å². The molecule has 118 valence electrons. The average molecular weight is 317 g/mol. The van der Waals surface area contributed by atoms with Crippen molar-refractivity contribution in [2.75, 3.05) is 6.16 Å². The Hall–Kier alpha value is -1.28. The zero-order valence-corrected chi connectivity index (χ0v) is 12.2. The van der Waals surface area contributed by atoms with E-state index in [1.165, 1.54) is 0 Å². The first-order chi connectivity index (χ1) is 9.78. The number of nitrogens with one attached hydrogen (secondary N) is 2. The Labute approximate surface area is 122 Å². The standard InChI is InChI=1S/C12H20N3O5P/c13-11(12(16)17)6-10(8-21(18,19)20)15-14-7-9-4-2-1-3-5-9/h1-5,10-11,14-15H,6-8,13H2,(H,16,17)(H2,18,19,20)/t10?,11-/m0/s1. The van der Waals surface area contributed by atoms with Crippen molar-refractivity contribution in [1.29, 1.82) is 0 Å². The fraction of sp³-hybridized carbons (Fsp3) is 0.417. The Morgan fingerprint density at radius 2 is 1.90 bits per heavy atom. The van der Waals surface area contributed by atoms with Crippen LogP contribution < -0.4 is 16.6 Å². The molecule has 7 N–H and O–H groups in total. The van der Waals surface area contributed by atoms with Crippen LogP contribution >= 0.6 is 7.60 Å². The van der Waals surface area contributed by atoms with E-state index in [-0.39, 0.29) is 6.42 Å². The Kier molecular flexibility index (Phi) is 6.97. The number of hydrogen-bond donors (Lipinski definition) is 6. The van der Waals surface area contributed by atoms with E-state index in [0.717, 1.165) is 5.56 Å². The van der Waals surface area contributed by atoms with Gasteiger partial charge in [0.05, 0.1) is 6.16 Å². The van der Waals surface area contributed by atoms with Gasteiger partial charge in [-0.15, -0.1) is 0 Å². The minimum absolute atomic E-state index is 0.0950. The highest BCUT2D eigenvalue weighted by Gasteiger charge is 2.25. The van der Waals surface area contributed by atoms with Gasteiger partial charge in [0.15, 0.2) is 0 Å². The largest absolute Gasteiger partial charge is 0.480 e. The van der Waals surface area contributed by atoms with E-state index < -0.39 is 31.8 Å². The predicted octanol–water partition coefficient (Wildman–Crippen LogP) is -0.371. The number of rotatable bonds is 9. The molecule has 0 radical (unpaired) electrons. The van der Waals surface area contributed by atoms with Crippen LogP contribution in [0.2, 0.25) is 0 Å². The summed E-state index contributed by atoms with van der Waals surface area (Å²) in [5, 5.41) is 8.77. The molecule has 0 bridgehead atoms. The van der Waals surface area contributed by atoms with Crippen molar-refractivity contribution in [3.63, 3.8) is 0 Å². The van der Waals surface area contributed by atoms with Crippen LogP contribution in [0.5, 0.6) is 0 Å². The molecule has 0 aromatic heterocycles. The summed E-state index contributed by atoms with van der Waals surface area (Å²) in [7, 11) is -4.27. The zero-order chi connectivity index (χ0) is 15.9. The van der Waals surface area contributed by atoms with Gasteiger partial charge in [0.1, 0.15) is 6.04 Å². The number of hydrogen-bond acceptors (Lipinski definition) is 5. The molecule has 1 aromatic carbocycles. The second-order valence-electron chi connectivity index (χ2n) is 4.71. The number of hydrazine groups is 1. The minimum Gasteiger partial charge on any atom is -0.480 e. The summed E-state index contributed by atoms with van der Waals surface area (Å²) >= 11 is 0. The van der Waals surface area contributed by atoms with Crippen LogP contribution in [0.15, 0.2) is 30.3 Å². The summed E-state index contributed by atoms with van der Waals surface area (Å²) in [6, 6.07) is 7.44. The smallest absolute Gasteiger partial charge is 0.327 e. The molecule has 0 saturated carbocycles. The highest BCUT2D eigenvalue weighted by atomic mass is 31.2. The number of benzene rings is 1. The first-order valence-corrected chi connectivity index (χ1v) is 8.13. The van der Waals surface area contributed by atoms with Crippen LogP contribution in [0.25, 0.3) is 0 Å². The normalized spacial score (nSPS) is 14.6. The molecule has 0 spiro atoms. The maximum atomic E-state index is 11.1. The van der Waals surface area contributed by atoms with Crippen molar-refractivity contribution in [3.8, 4) is 0 Å². The number of carboxylic acids is 1. The molecule has 0 heterocycles. The number of aliphatic carboxylic acids is 1. The van der Waals surface area contributed by atoms with Gasteiger partial charge in [-0.05, 0) is 12.0 Å². The van der Waals surface area contributed by atoms with Gasteiger partial charge in [0, 0.05) is 12.6 Å². The third kappa shape index (κ3) is 7.91. The highest BCUT2D eigenvalue weighted by molar-refractivity contribution is 7.51. The average Bonchev–Trinajstić information content (AvgIpc) is 2.37. The zero-order valence-electron chi connectivity index (χ0n) is 11.3. The van der Waals surface area contributed by atoms with Crippen LogP contribution in [0.1, 0.15) is 12.0 Å². The molecule has 0 aliphatic carbocycles. The molecule has 0 aliphatic rings. The van der Waals surface area contributed by atoms with Gasteiger partial charge >= 0.3 is 13.6 Å². The maximum Gasteiger partial charge on any atom is 0.327 e. The van der Waals surface area contributed by atoms with Gasteiger partial charge in [-0.3, -0.25) is 20.2 Å². The number of carboxylic acid groups (broad SMARTS) is 1. The van der Waals surface area contributed by atoms with Crippen LogP contribution in [0, 0.1) is 0 Å². The van der Waals surface area contributed by atoms with Crippen molar-refractivity contribution in [1.82, 2.24) is 10.9 Å². The molecule has 1 unspecified atom stereocenters. The first-order valence-electron chi connectivity index (χ1n) is 6.33. The van der Waals surface area contributed by atoms with Crippen LogP contribution in [-0.4, -0.2) is 39.1 Å². The lowest BCUT2D eigenvalue weighted by atomic mass is 10.1. The van der Waals surface area contributed by atoms with Gasteiger partial charge in [0.25, 0.3) is 0 Å². The molecular weight excluding hydrogens is 297 g/mol.